The quantitative estimate of drug-likeness (QED) is 0.143. The maximum absolute atomic E-state index is 14.0. The van der Waals surface area contributed by atoms with E-state index in [9.17, 15) is 31.5 Å². The molecular weight excluding hydrogens is 591 g/mol. The second-order valence-electron chi connectivity index (χ2n) is 10.3. The second-order valence-corrected chi connectivity index (χ2v) is 12.3. The van der Waals surface area contributed by atoms with E-state index in [0.717, 1.165) is 22.2 Å². The highest BCUT2D eigenvalue weighted by atomic mass is 32.2. The molecule has 1 amide bonds. The van der Waals surface area contributed by atoms with Crippen LogP contribution < -0.4 is 16.1 Å². The first-order valence-electron chi connectivity index (χ1n) is 13.0. The fraction of sp³-hybridized carbons (Fsp3) is 0.370. The molecule has 1 aromatic heterocycles. The number of hydrogen-bond donors (Lipinski definition) is 4. The van der Waals surface area contributed by atoms with Crippen LogP contribution in [-0.2, 0) is 27.5 Å². The molecule has 0 saturated carbocycles. The third-order valence-corrected chi connectivity index (χ3v) is 8.11. The Bertz CT molecular complexity index is 1590. The number of halogens is 3. The number of fused-ring (bicyclic) bond motifs is 1. The van der Waals surface area contributed by atoms with E-state index in [1.165, 1.54) is 19.2 Å². The Morgan fingerprint density at radius 3 is 2.53 bits per heavy atom. The molecule has 2 atom stereocenters. The molecule has 1 heterocycles. The summed E-state index contributed by atoms with van der Waals surface area (Å²) in [6.45, 7) is 0.811. The number of sulfonamides is 1. The number of rotatable bonds is 11. The third kappa shape index (κ3) is 7.70. The molecule has 4 rings (SSSR count). The van der Waals surface area contributed by atoms with E-state index in [-0.39, 0.29) is 36.0 Å². The number of alkyl halides is 3. The fourth-order valence-electron chi connectivity index (χ4n) is 4.60. The van der Waals surface area contributed by atoms with Crippen molar-refractivity contribution in [2.75, 3.05) is 51.2 Å². The summed E-state index contributed by atoms with van der Waals surface area (Å²) in [5.41, 5.74) is 2.67. The molecule has 3 aromatic rings. The number of nitrogens with one attached hydrogen (secondary N) is 3. The van der Waals surface area contributed by atoms with E-state index in [0.29, 0.717) is 18.3 Å². The number of anilines is 3. The Labute approximate surface area is 246 Å². The van der Waals surface area contributed by atoms with Crippen LogP contribution in [0.15, 0.2) is 48.7 Å². The number of benzene rings is 2. The van der Waals surface area contributed by atoms with Crippen LogP contribution in [0.1, 0.15) is 33.1 Å². The topological polar surface area (TPSA) is 149 Å². The number of phenolic OH excluding ortho intramolecular Hbond substituents is 1. The van der Waals surface area contributed by atoms with Crippen LogP contribution in [-0.4, -0.2) is 85.2 Å². The lowest BCUT2D eigenvalue weighted by atomic mass is 10.1. The number of hydrogen-bond acceptors (Lipinski definition) is 10. The number of phenols is 1. The van der Waals surface area contributed by atoms with Gasteiger partial charge in [-0.2, -0.15) is 22.5 Å². The van der Waals surface area contributed by atoms with Gasteiger partial charge in [-0.25, -0.2) is 18.9 Å². The van der Waals surface area contributed by atoms with Gasteiger partial charge in [0.2, 0.25) is 16.0 Å². The van der Waals surface area contributed by atoms with Gasteiger partial charge in [0, 0.05) is 25.4 Å². The monoisotopic (exact) mass is 623 g/mol. The van der Waals surface area contributed by atoms with Gasteiger partial charge in [0.1, 0.15) is 17.1 Å². The summed E-state index contributed by atoms with van der Waals surface area (Å²) < 4.78 is 67.9. The van der Waals surface area contributed by atoms with Crippen LogP contribution in [0.4, 0.5) is 30.6 Å². The van der Waals surface area contributed by atoms with Crippen LogP contribution in [0, 0.1) is 0 Å². The first kappa shape index (κ1) is 31.9. The second kappa shape index (κ2) is 12.7. The minimum Gasteiger partial charge on any atom is -0.506 e. The van der Waals surface area contributed by atoms with Crippen molar-refractivity contribution in [3.8, 4) is 5.75 Å². The lowest BCUT2D eigenvalue weighted by Crippen LogP contribution is -2.39. The largest absolute Gasteiger partial charge is 0.506 e. The van der Waals surface area contributed by atoms with Gasteiger partial charge in [-0.15, -0.1) is 0 Å². The van der Waals surface area contributed by atoms with E-state index in [2.05, 4.69) is 26.1 Å². The maximum atomic E-state index is 14.0. The molecule has 0 spiro atoms. The lowest BCUT2D eigenvalue weighted by molar-refractivity contribution is -0.137. The summed E-state index contributed by atoms with van der Waals surface area (Å²) in [6, 6.07) is 9.31. The zero-order valence-corrected chi connectivity index (χ0v) is 24.6. The molecule has 1 aliphatic rings. The predicted molar refractivity (Wildman–Crippen MR) is 153 cm³/mol. The van der Waals surface area contributed by atoms with E-state index < -0.39 is 45.6 Å². The Kier molecular flexibility index (Phi) is 9.44. The summed E-state index contributed by atoms with van der Waals surface area (Å²) in [5, 5.41) is 16.0. The number of carbonyl (C=O) groups is 1. The Hall–Kier alpha value is -3.99. The van der Waals surface area contributed by atoms with E-state index >= 15 is 0 Å². The number of likely N-dealkylation sites (N-methyl/N-ethyl adjacent to an activating group) is 2. The number of carbonyl (C=O) groups excluding carboxylic acids is 1. The van der Waals surface area contributed by atoms with Gasteiger partial charge in [0.05, 0.1) is 30.6 Å². The van der Waals surface area contributed by atoms with Crippen molar-refractivity contribution in [3.05, 3.63) is 70.9 Å². The van der Waals surface area contributed by atoms with Crippen molar-refractivity contribution < 1.29 is 36.3 Å². The highest BCUT2D eigenvalue weighted by Gasteiger charge is 2.41. The molecule has 0 unspecified atom stereocenters. The van der Waals surface area contributed by atoms with Crippen molar-refractivity contribution in [2.24, 2.45) is 0 Å². The summed E-state index contributed by atoms with van der Waals surface area (Å²) in [6.07, 6.45) is -2.96. The van der Waals surface area contributed by atoms with E-state index in [4.69, 9.17) is 4.84 Å². The number of aromatic nitrogens is 2. The molecule has 0 aliphatic heterocycles. The van der Waals surface area contributed by atoms with Gasteiger partial charge in [-0.3, -0.25) is 9.63 Å². The van der Waals surface area contributed by atoms with Gasteiger partial charge in [-0.05, 0) is 49.8 Å². The Morgan fingerprint density at radius 1 is 1.16 bits per heavy atom. The minimum atomic E-state index is -4.82. The highest BCUT2D eigenvalue weighted by molar-refractivity contribution is 7.88. The van der Waals surface area contributed by atoms with Crippen LogP contribution in [0.25, 0.3) is 0 Å². The zero-order chi connectivity index (χ0) is 31.5. The van der Waals surface area contributed by atoms with Crippen LogP contribution in [0.2, 0.25) is 0 Å². The molecule has 1 aliphatic carbocycles. The van der Waals surface area contributed by atoms with Crippen molar-refractivity contribution in [3.63, 3.8) is 0 Å². The van der Waals surface area contributed by atoms with Gasteiger partial charge in [0.25, 0.3) is 5.91 Å². The molecule has 0 radical (unpaired) electrons. The molecule has 0 fully saturated rings. The Balaban J connectivity index is 1.58. The average Bonchev–Trinajstić information content (AvgIpc) is 3.28. The molecular formula is C27H32F3N7O5S. The molecule has 43 heavy (non-hydrogen) atoms. The molecule has 232 valence electrons. The summed E-state index contributed by atoms with van der Waals surface area (Å²) in [5.74, 6) is -1.84. The van der Waals surface area contributed by atoms with Crippen molar-refractivity contribution in [1.82, 2.24) is 24.7 Å². The number of aromatic hydroxyl groups is 1. The van der Waals surface area contributed by atoms with E-state index in [1.807, 2.05) is 19.0 Å². The third-order valence-electron chi connectivity index (χ3n) is 6.84. The van der Waals surface area contributed by atoms with Gasteiger partial charge >= 0.3 is 6.18 Å². The number of nitrogens with zero attached hydrogens (tertiary/aromatic N) is 4. The standard InChI is InChI=1S/C27H32F3N7O5S/c1-36(2)11-12-42-35-25(39)17-9-10-20(22(38)14-17)33-26-31-15-19(27(28,29)30)24(34-26)32-21-13-16-7-5-6-8-18(16)23(21)37(3)43(4,40)41/h5-10,14-15,21,23,38H,11-13H2,1-4H3,(H,35,39)(H2,31,32,33,34)/t21-,23-/m1/s1. The maximum Gasteiger partial charge on any atom is 0.421 e. The van der Waals surface area contributed by atoms with Gasteiger partial charge in [-0.1, -0.05) is 24.3 Å². The summed E-state index contributed by atoms with van der Waals surface area (Å²) in [7, 11) is 1.35. The van der Waals surface area contributed by atoms with Crippen LogP contribution in [0.3, 0.4) is 0 Å². The SMILES string of the molecule is CN(C)CCONC(=O)c1ccc(Nc2ncc(C(F)(F)F)c(N[C@@H]3Cc4ccccc4[C@H]3N(C)S(C)(=O)=O)n2)c(O)c1. The highest BCUT2D eigenvalue weighted by Crippen LogP contribution is 2.40. The lowest BCUT2D eigenvalue weighted by Gasteiger charge is -2.30. The molecule has 4 N–H and O–H groups in total. The van der Waals surface area contributed by atoms with Gasteiger partial charge in [0.15, 0.2) is 0 Å². The summed E-state index contributed by atoms with van der Waals surface area (Å²) >= 11 is 0. The summed E-state index contributed by atoms with van der Waals surface area (Å²) in [4.78, 5) is 27.1. The Morgan fingerprint density at radius 2 is 1.88 bits per heavy atom. The van der Waals surface area contributed by atoms with E-state index in [1.54, 1.807) is 24.3 Å². The smallest absolute Gasteiger partial charge is 0.421 e. The molecule has 0 bridgehead atoms. The van der Waals surface area contributed by atoms with Crippen LogP contribution in [0.5, 0.6) is 5.75 Å². The normalized spacial score (nSPS) is 16.8. The number of amides is 1. The number of hydroxylamine groups is 1. The molecule has 16 heteroatoms. The first-order chi connectivity index (χ1) is 20.1. The molecule has 2 aromatic carbocycles. The zero-order valence-electron chi connectivity index (χ0n) is 23.8. The van der Waals surface area contributed by atoms with Crippen LogP contribution >= 0.6 is 0 Å². The van der Waals surface area contributed by atoms with Gasteiger partial charge < -0.3 is 20.6 Å². The van der Waals surface area contributed by atoms with Crippen molar-refractivity contribution >= 4 is 33.4 Å². The average molecular weight is 624 g/mol. The van der Waals surface area contributed by atoms with Crippen molar-refractivity contribution in [1.29, 1.82) is 0 Å². The predicted octanol–water partition coefficient (Wildman–Crippen LogP) is 3.14. The fourth-order valence-corrected chi connectivity index (χ4v) is 5.27. The molecule has 12 nitrogen and oxygen atoms in total. The van der Waals surface area contributed by atoms with Crippen molar-refractivity contribution in [2.45, 2.75) is 24.7 Å². The molecule has 0 saturated heterocycles. The minimum absolute atomic E-state index is 0.0266. The first-order valence-corrected chi connectivity index (χ1v) is 14.9.